The van der Waals surface area contributed by atoms with Gasteiger partial charge in [0.15, 0.2) is 0 Å². The van der Waals surface area contributed by atoms with Crippen molar-refractivity contribution in [2.75, 3.05) is 24.5 Å². The van der Waals surface area contributed by atoms with E-state index in [-0.39, 0.29) is 24.0 Å². The lowest BCUT2D eigenvalue weighted by Crippen LogP contribution is -2.45. The van der Waals surface area contributed by atoms with Crippen molar-refractivity contribution in [3.63, 3.8) is 0 Å². The molecule has 1 aromatic heterocycles. The maximum atomic E-state index is 13.1. The summed E-state index contributed by atoms with van der Waals surface area (Å²) >= 11 is 0. The van der Waals surface area contributed by atoms with Crippen LogP contribution in [0, 0.1) is 5.92 Å². The third kappa shape index (κ3) is 3.36. The fraction of sp³-hybridized carbons (Fsp3) is 0.737. The van der Waals surface area contributed by atoms with Crippen LogP contribution in [-0.2, 0) is 0 Å². The number of hydrogen-bond acceptors (Lipinski definition) is 5. The van der Waals surface area contributed by atoms with E-state index in [0.29, 0.717) is 11.6 Å². The minimum atomic E-state index is -0.266. The normalized spacial score (nSPS) is 30.0. The number of anilines is 1. The number of carbonyl (C=O) groups is 1. The largest absolute Gasteiger partial charge is 0.393 e. The first kappa shape index (κ1) is 16.8. The van der Waals surface area contributed by atoms with Crippen molar-refractivity contribution < 1.29 is 9.90 Å². The Morgan fingerprint density at radius 2 is 1.84 bits per heavy atom. The van der Waals surface area contributed by atoms with Crippen molar-refractivity contribution in [3.8, 4) is 0 Å². The molecule has 0 spiro atoms. The van der Waals surface area contributed by atoms with E-state index < -0.39 is 0 Å². The van der Waals surface area contributed by atoms with Crippen LogP contribution in [0.4, 0.5) is 5.95 Å². The Bertz CT molecular complexity index is 617. The molecule has 3 aliphatic rings. The number of hydrogen-bond donors (Lipinski definition) is 1. The molecule has 2 saturated heterocycles. The predicted octanol–water partition coefficient (Wildman–Crippen LogP) is 2.23. The van der Waals surface area contributed by atoms with Gasteiger partial charge < -0.3 is 14.9 Å². The first-order chi connectivity index (χ1) is 12.2. The summed E-state index contributed by atoms with van der Waals surface area (Å²) in [6.07, 6.45) is 9.93. The average molecular weight is 344 g/mol. The van der Waals surface area contributed by atoms with Crippen LogP contribution in [0.3, 0.4) is 0 Å². The zero-order valence-electron chi connectivity index (χ0n) is 14.8. The van der Waals surface area contributed by atoms with Gasteiger partial charge in [-0.25, -0.2) is 9.97 Å². The van der Waals surface area contributed by atoms with Gasteiger partial charge in [-0.1, -0.05) is 12.8 Å². The highest BCUT2D eigenvalue weighted by atomic mass is 16.3. The number of amides is 1. The van der Waals surface area contributed by atoms with E-state index in [2.05, 4.69) is 14.9 Å². The highest BCUT2D eigenvalue weighted by molar-refractivity contribution is 5.93. The molecule has 1 aliphatic carbocycles. The van der Waals surface area contributed by atoms with Gasteiger partial charge in [0, 0.05) is 37.8 Å². The minimum absolute atomic E-state index is 0.00289. The van der Waals surface area contributed by atoms with Crippen LogP contribution in [-0.4, -0.2) is 57.7 Å². The van der Waals surface area contributed by atoms with Crippen molar-refractivity contribution in [3.05, 3.63) is 18.0 Å². The minimum Gasteiger partial charge on any atom is -0.393 e. The van der Waals surface area contributed by atoms with Crippen LogP contribution in [0.1, 0.15) is 61.9 Å². The average Bonchev–Trinajstić information content (AvgIpc) is 3.33. The van der Waals surface area contributed by atoms with Gasteiger partial charge in [-0.3, -0.25) is 4.79 Å². The molecule has 1 aromatic rings. The molecule has 6 heteroatoms. The Hall–Kier alpha value is -1.69. The van der Waals surface area contributed by atoms with Gasteiger partial charge in [-0.05, 0) is 44.6 Å². The number of likely N-dealkylation sites (tertiary alicyclic amines) is 1. The second kappa shape index (κ2) is 7.28. The summed E-state index contributed by atoms with van der Waals surface area (Å²) in [5, 5.41) is 10.4. The van der Waals surface area contributed by atoms with Gasteiger partial charge in [-0.2, -0.15) is 0 Å². The van der Waals surface area contributed by atoms with E-state index in [0.717, 1.165) is 71.0 Å². The Balaban J connectivity index is 1.52. The van der Waals surface area contributed by atoms with Crippen molar-refractivity contribution >= 4 is 11.9 Å². The summed E-state index contributed by atoms with van der Waals surface area (Å²) in [4.78, 5) is 26.1. The summed E-state index contributed by atoms with van der Waals surface area (Å²) in [6, 6.07) is 1.89. The van der Waals surface area contributed by atoms with Gasteiger partial charge in [0.05, 0.1) is 6.10 Å². The van der Waals surface area contributed by atoms with Gasteiger partial charge in [0.1, 0.15) is 5.69 Å². The lowest BCUT2D eigenvalue weighted by molar-refractivity contribution is 0.0209. The highest BCUT2D eigenvalue weighted by Gasteiger charge is 2.39. The number of aromatic nitrogens is 2. The standard InChI is InChI=1S/C19H28N4O2/c24-17-8-2-1-6-14(17)16-7-5-13-23(16)18(25)15-9-10-20-19(21-15)22-11-3-4-12-22/h9-10,14,16-17,24H,1-8,11-13H2/t14-,16+,17-/m0/s1. The SMILES string of the molecule is O=C(c1ccnc(N2CCCC2)n1)N1CCC[C@@H]1[C@@H]1CCCC[C@@H]1O. The van der Waals surface area contributed by atoms with Crippen molar-refractivity contribution in [2.45, 2.75) is 63.5 Å². The molecule has 0 unspecified atom stereocenters. The molecule has 3 fully saturated rings. The van der Waals surface area contributed by atoms with Crippen LogP contribution in [0.15, 0.2) is 12.3 Å². The Morgan fingerprint density at radius 1 is 1.04 bits per heavy atom. The predicted molar refractivity (Wildman–Crippen MR) is 95.5 cm³/mol. The molecule has 1 amide bonds. The van der Waals surface area contributed by atoms with Gasteiger partial charge in [-0.15, -0.1) is 0 Å². The fourth-order valence-corrected chi connectivity index (χ4v) is 4.76. The molecular weight excluding hydrogens is 316 g/mol. The zero-order valence-corrected chi connectivity index (χ0v) is 14.8. The highest BCUT2D eigenvalue weighted by Crippen LogP contribution is 2.35. The van der Waals surface area contributed by atoms with E-state index in [1.807, 2.05) is 4.90 Å². The van der Waals surface area contributed by atoms with Crippen molar-refractivity contribution in [2.24, 2.45) is 5.92 Å². The monoisotopic (exact) mass is 344 g/mol. The summed E-state index contributed by atoms with van der Waals surface area (Å²) in [5.74, 6) is 0.903. The maximum Gasteiger partial charge on any atom is 0.272 e. The van der Waals surface area contributed by atoms with Gasteiger partial charge in [0.2, 0.25) is 5.95 Å². The molecule has 2 aliphatic heterocycles. The van der Waals surface area contributed by atoms with E-state index >= 15 is 0 Å². The van der Waals surface area contributed by atoms with Crippen LogP contribution in [0.25, 0.3) is 0 Å². The van der Waals surface area contributed by atoms with Crippen molar-refractivity contribution in [1.29, 1.82) is 0 Å². The second-order valence-corrected chi connectivity index (χ2v) is 7.66. The molecule has 136 valence electrons. The third-order valence-corrected chi connectivity index (χ3v) is 6.09. The van der Waals surface area contributed by atoms with Crippen LogP contribution >= 0.6 is 0 Å². The summed E-state index contributed by atoms with van der Waals surface area (Å²) in [5.41, 5.74) is 0.495. The molecule has 0 bridgehead atoms. The smallest absolute Gasteiger partial charge is 0.272 e. The summed E-state index contributed by atoms with van der Waals surface area (Å²) < 4.78 is 0. The molecule has 4 rings (SSSR count). The number of aliphatic hydroxyl groups is 1. The van der Waals surface area contributed by atoms with E-state index in [9.17, 15) is 9.90 Å². The summed E-state index contributed by atoms with van der Waals surface area (Å²) in [7, 11) is 0. The number of rotatable bonds is 3. The molecule has 1 saturated carbocycles. The van der Waals surface area contributed by atoms with E-state index in [1.165, 1.54) is 0 Å². The lowest BCUT2D eigenvalue weighted by Gasteiger charge is -2.37. The molecule has 3 atom stereocenters. The summed E-state index contributed by atoms with van der Waals surface area (Å²) in [6.45, 7) is 2.71. The second-order valence-electron chi connectivity index (χ2n) is 7.66. The van der Waals surface area contributed by atoms with Crippen molar-refractivity contribution in [1.82, 2.24) is 14.9 Å². The maximum absolute atomic E-state index is 13.1. The number of carbonyl (C=O) groups excluding carboxylic acids is 1. The Labute approximate surface area is 149 Å². The Morgan fingerprint density at radius 3 is 2.64 bits per heavy atom. The number of aliphatic hydroxyl groups excluding tert-OH is 1. The third-order valence-electron chi connectivity index (χ3n) is 6.09. The molecule has 1 N–H and O–H groups in total. The molecule has 6 nitrogen and oxygen atoms in total. The first-order valence-corrected chi connectivity index (χ1v) is 9.81. The van der Waals surface area contributed by atoms with Gasteiger partial charge >= 0.3 is 0 Å². The Kier molecular flexibility index (Phi) is 4.88. The molecular formula is C19H28N4O2. The van der Waals surface area contributed by atoms with E-state index in [1.54, 1.807) is 12.3 Å². The lowest BCUT2D eigenvalue weighted by atomic mass is 9.80. The molecule has 3 heterocycles. The fourth-order valence-electron chi connectivity index (χ4n) is 4.76. The zero-order chi connectivity index (χ0) is 17.2. The topological polar surface area (TPSA) is 69.6 Å². The molecule has 0 radical (unpaired) electrons. The van der Waals surface area contributed by atoms with Crippen LogP contribution in [0.2, 0.25) is 0 Å². The first-order valence-electron chi connectivity index (χ1n) is 9.81. The van der Waals surface area contributed by atoms with Crippen LogP contribution in [0.5, 0.6) is 0 Å². The molecule has 25 heavy (non-hydrogen) atoms. The van der Waals surface area contributed by atoms with Gasteiger partial charge in [0.25, 0.3) is 5.91 Å². The quantitative estimate of drug-likeness (QED) is 0.911. The molecule has 0 aromatic carbocycles. The number of nitrogens with zero attached hydrogens (tertiary/aromatic N) is 4. The van der Waals surface area contributed by atoms with Crippen LogP contribution < -0.4 is 4.90 Å². The van der Waals surface area contributed by atoms with E-state index in [4.69, 9.17) is 0 Å².